The van der Waals surface area contributed by atoms with E-state index >= 15 is 0 Å². The number of nitrogens with one attached hydrogen (secondary N) is 1. The van der Waals surface area contributed by atoms with Crippen LogP contribution < -0.4 is 5.32 Å². The highest BCUT2D eigenvalue weighted by atomic mass is 79.9. The molecule has 0 aromatic heterocycles. The van der Waals surface area contributed by atoms with Gasteiger partial charge in [0.05, 0.1) is 0 Å². The van der Waals surface area contributed by atoms with Crippen LogP contribution in [0.1, 0.15) is 18.4 Å². The van der Waals surface area contributed by atoms with E-state index in [2.05, 4.69) is 33.4 Å². The van der Waals surface area contributed by atoms with Gasteiger partial charge in [-0.3, -0.25) is 0 Å². The van der Waals surface area contributed by atoms with Crippen LogP contribution >= 0.6 is 15.9 Å². The van der Waals surface area contributed by atoms with Crippen molar-refractivity contribution in [1.82, 2.24) is 5.32 Å². The van der Waals surface area contributed by atoms with E-state index in [1.54, 1.807) is 0 Å². The third-order valence-corrected chi connectivity index (χ3v) is 3.34. The Labute approximate surface area is 97.5 Å². The predicted molar refractivity (Wildman–Crippen MR) is 63.1 cm³/mol. The molecule has 15 heavy (non-hydrogen) atoms. The Morgan fingerprint density at radius 1 is 1.33 bits per heavy atom. The summed E-state index contributed by atoms with van der Waals surface area (Å²) in [7, 11) is 0. The number of hydrogen-bond acceptors (Lipinski definition) is 1. The molecule has 1 aromatic rings. The molecule has 0 bridgehead atoms. The topological polar surface area (TPSA) is 12.0 Å². The largest absolute Gasteiger partial charge is 0.309 e. The number of rotatable bonds is 3. The molecule has 0 fully saturated rings. The van der Waals surface area contributed by atoms with Crippen LogP contribution in [0, 0.1) is 5.82 Å². The van der Waals surface area contributed by atoms with Crippen LogP contribution in [0.25, 0.3) is 0 Å². The Morgan fingerprint density at radius 2 is 2.07 bits per heavy atom. The third kappa shape index (κ3) is 2.89. The van der Waals surface area contributed by atoms with Crippen molar-refractivity contribution in [3.8, 4) is 0 Å². The second-order valence-electron chi connectivity index (χ2n) is 3.76. The zero-order valence-electron chi connectivity index (χ0n) is 8.34. The lowest BCUT2D eigenvalue weighted by Gasteiger charge is -2.12. The van der Waals surface area contributed by atoms with Crippen LogP contribution in [-0.2, 0) is 6.54 Å². The van der Waals surface area contributed by atoms with Crippen molar-refractivity contribution in [2.24, 2.45) is 0 Å². The van der Waals surface area contributed by atoms with Crippen molar-refractivity contribution in [2.75, 3.05) is 0 Å². The summed E-state index contributed by atoms with van der Waals surface area (Å²) >= 11 is 3.36. The minimum absolute atomic E-state index is 0.201. The maximum atomic E-state index is 12.8. The quantitative estimate of drug-likeness (QED) is 0.830. The normalized spacial score (nSPS) is 16.1. The van der Waals surface area contributed by atoms with Gasteiger partial charge in [0.15, 0.2) is 0 Å². The lowest BCUT2D eigenvalue weighted by Crippen LogP contribution is -2.25. The van der Waals surface area contributed by atoms with Crippen LogP contribution in [0.4, 0.5) is 4.39 Å². The maximum Gasteiger partial charge on any atom is 0.124 e. The monoisotopic (exact) mass is 269 g/mol. The molecule has 2 rings (SSSR count). The highest BCUT2D eigenvalue weighted by Gasteiger charge is 2.09. The SMILES string of the molecule is Fc1ccc(CNC2CC=CC2)c(Br)c1. The van der Waals surface area contributed by atoms with Crippen molar-refractivity contribution in [2.45, 2.75) is 25.4 Å². The Balaban J connectivity index is 1.92. The Bertz CT molecular complexity index is 368. The summed E-state index contributed by atoms with van der Waals surface area (Å²) in [5.41, 5.74) is 1.10. The average Bonchev–Trinajstić information content (AvgIpc) is 2.69. The van der Waals surface area contributed by atoms with Gasteiger partial charge in [-0.05, 0) is 30.5 Å². The fourth-order valence-corrected chi connectivity index (χ4v) is 2.19. The first kappa shape index (κ1) is 10.8. The van der Waals surface area contributed by atoms with Gasteiger partial charge in [-0.25, -0.2) is 4.39 Å². The first-order chi connectivity index (χ1) is 7.25. The molecule has 1 aliphatic rings. The average molecular weight is 270 g/mol. The van der Waals surface area contributed by atoms with Gasteiger partial charge in [0.2, 0.25) is 0 Å². The van der Waals surface area contributed by atoms with Gasteiger partial charge < -0.3 is 5.32 Å². The molecule has 1 nitrogen and oxygen atoms in total. The Morgan fingerprint density at radius 3 is 2.73 bits per heavy atom. The summed E-state index contributed by atoms with van der Waals surface area (Å²) in [6.45, 7) is 0.785. The Hall–Kier alpha value is -0.670. The van der Waals surface area contributed by atoms with Gasteiger partial charge in [-0.15, -0.1) is 0 Å². The molecule has 0 unspecified atom stereocenters. The molecule has 1 aromatic carbocycles. The van der Waals surface area contributed by atoms with Crippen molar-refractivity contribution in [3.63, 3.8) is 0 Å². The van der Waals surface area contributed by atoms with E-state index in [9.17, 15) is 4.39 Å². The van der Waals surface area contributed by atoms with Crippen LogP contribution in [0.5, 0.6) is 0 Å². The van der Waals surface area contributed by atoms with E-state index in [0.717, 1.165) is 29.4 Å². The number of hydrogen-bond donors (Lipinski definition) is 1. The molecular weight excluding hydrogens is 257 g/mol. The second-order valence-corrected chi connectivity index (χ2v) is 4.61. The fourth-order valence-electron chi connectivity index (χ4n) is 1.70. The molecule has 0 amide bonds. The number of benzene rings is 1. The molecular formula is C12H13BrFN. The van der Waals surface area contributed by atoms with Crippen LogP contribution in [0.15, 0.2) is 34.8 Å². The van der Waals surface area contributed by atoms with E-state index in [1.807, 2.05) is 6.07 Å². The summed E-state index contributed by atoms with van der Waals surface area (Å²) in [5.74, 6) is -0.201. The smallest absolute Gasteiger partial charge is 0.124 e. The molecule has 1 N–H and O–H groups in total. The number of halogens is 2. The van der Waals surface area contributed by atoms with E-state index in [4.69, 9.17) is 0 Å². The van der Waals surface area contributed by atoms with Gasteiger partial charge in [0, 0.05) is 17.1 Å². The van der Waals surface area contributed by atoms with Gasteiger partial charge in [-0.1, -0.05) is 34.1 Å². The van der Waals surface area contributed by atoms with Gasteiger partial charge >= 0.3 is 0 Å². The van der Waals surface area contributed by atoms with Crippen LogP contribution in [0.2, 0.25) is 0 Å². The second kappa shape index (κ2) is 4.90. The molecule has 0 atom stereocenters. The summed E-state index contributed by atoms with van der Waals surface area (Å²) in [6, 6.07) is 5.36. The fraction of sp³-hybridized carbons (Fsp3) is 0.333. The van der Waals surface area contributed by atoms with E-state index in [0.29, 0.717) is 6.04 Å². The first-order valence-corrected chi connectivity index (χ1v) is 5.87. The summed E-state index contributed by atoms with van der Waals surface area (Å²) in [4.78, 5) is 0. The molecule has 0 aliphatic heterocycles. The molecule has 0 saturated heterocycles. The molecule has 0 radical (unpaired) electrons. The molecule has 3 heteroatoms. The summed E-state index contributed by atoms with van der Waals surface area (Å²) in [6.07, 6.45) is 6.58. The molecule has 0 spiro atoms. The summed E-state index contributed by atoms with van der Waals surface area (Å²) in [5, 5.41) is 3.44. The summed E-state index contributed by atoms with van der Waals surface area (Å²) < 4.78 is 13.7. The van der Waals surface area contributed by atoms with Crippen molar-refractivity contribution in [3.05, 3.63) is 46.2 Å². The molecule has 0 heterocycles. The molecule has 80 valence electrons. The molecule has 0 saturated carbocycles. The van der Waals surface area contributed by atoms with Gasteiger partial charge in [0.25, 0.3) is 0 Å². The molecule has 1 aliphatic carbocycles. The van der Waals surface area contributed by atoms with Crippen molar-refractivity contribution < 1.29 is 4.39 Å². The van der Waals surface area contributed by atoms with E-state index in [-0.39, 0.29) is 5.82 Å². The van der Waals surface area contributed by atoms with Gasteiger partial charge in [0.1, 0.15) is 5.82 Å². The minimum atomic E-state index is -0.201. The highest BCUT2D eigenvalue weighted by Crippen LogP contribution is 2.18. The predicted octanol–water partition coefficient (Wildman–Crippen LogP) is 3.40. The highest BCUT2D eigenvalue weighted by molar-refractivity contribution is 9.10. The van der Waals surface area contributed by atoms with Crippen LogP contribution in [-0.4, -0.2) is 6.04 Å². The zero-order chi connectivity index (χ0) is 10.7. The Kier molecular flexibility index (Phi) is 3.54. The lowest BCUT2D eigenvalue weighted by molar-refractivity contribution is 0.537. The first-order valence-electron chi connectivity index (χ1n) is 5.08. The van der Waals surface area contributed by atoms with Crippen molar-refractivity contribution in [1.29, 1.82) is 0 Å². The maximum absolute atomic E-state index is 12.8. The van der Waals surface area contributed by atoms with E-state index < -0.39 is 0 Å². The minimum Gasteiger partial charge on any atom is -0.309 e. The van der Waals surface area contributed by atoms with Crippen molar-refractivity contribution >= 4 is 15.9 Å². The van der Waals surface area contributed by atoms with Gasteiger partial charge in [-0.2, -0.15) is 0 Å². The van der Waals surface area contributed by atoms with E-state index in [1.165, 1.54) is 12.1 Å². The standard InChI is InChI=1S/C12H13BrFN/c13-12-7-10(14)6-5-9(12)8-15-11-3-1-2-4-11/h1-2,5-7,11,15H,3-4,8H2. The third-order valence-electron chi connectivity index (χ3n) is 2.60. The lowest BCUT2D eigenvalue weighted by atomic mass is 10.2. The zero-order valence-corrected chi connectivity index (χ0v) is 9.93. The van der Waals surface area contributed by atoms with Crippen LogP contribution in [0.3, 0.4) is 0 Å².